The van der Waals surface area contributed by atoms with Gasteiger partial charge in [0.25, 0.3) is 0 Å². The van der Waals surface area contributed by atoms with E-state index in [-0.39, 0.29) is 12.2 Å². The lowest BCUT2D eigenvalue weighted by molar-refractivity contribution is 0.191. The molecule has 0 heterocycles. The van der Waals surface area contributed by atoms with E-state index in [4.69, 9.17) is 33.0 Å². The largest absolute Gasteiger partial charge is 0.488 e. The van der Waals surface area contributed by atoms with Crippen molar-refractivity contribution < 1.29 is 9.84 Å². The van der Waals surface area contributed by atoms with Crippen molar-refractivity contribution in [2.45, 2.75) is 39.5 Å². The van der Waals surface area contributed by atoms with Gasteiger partial charge < -0.3 is 15.2 Å². The van der Waals surface area contributed by atoms with Crippen LogP contribution in [0.15, 0.2) is 12.1 Å². The second kappa shape index (κ2) is 7.19. The molecule has 0 bridgehead atoms. The Hall–Kier alpha value is -0.480. The molecule has 0 aromatic heterocycles. The number of rotatable bonds is 6. The van der Waals surface area contributed by atoms with Gasteiger partial charge in [-0.2, -0.15) is 0 Å². The normalized spacial score (nSPS) is 12.8. The van der Waals surface area contributed by atoms with Gasteiger partial charge in [0.2, 0.25) is 0 Å². The molecule has 0 aliphatic heterocycles. The van der Waals surface area contributed by atoms with Gasteiger partial charge in [-0.15, -0.1) is 0 Å². The van der Waals surface area contributed by atoms with E-state index >= 15 is 0 Å². The van der Waals surface area contributed by atoms with Crippen LogP contribution in [0.3, 0.4) is 0 Å². The standard InChI is InChI=1S/C13H19Cl2NO2/c1-8(2)18-13-11(14)4-10(5-12(13)15)7-16-6-9(3)17/h4-5,8-9,16-17H,6-7H2,1-3H3/t9-/m0/s1. The maximum atomic E-state index is 9.15. The molecule has 1 atom stereocenters. The fourth-order valence-electron chi connectivity index (χ4n) is 1.49. The molecule has 2 N–H and O–H groups in total. The molecule has 102 valence electrons. The van der Waals surface area contributed by atoms with Crippen molar-refractivity contribution in [3.05, 3.63) is 27.7 Å². The molecule has 5 heteroatoms. The van der Waals surface area contributed by atoms with Crippen LogP contribution in [-0.4, -0.2) is 23.9 Å². The van der Waals surface area contributed by atoms with E-state index < -0.39 is 0 Å². The van der Waals surface area contributed by atoms with Crippen LogP contribution in [0.1, 0.15) is 26.3 Å². The SMILES string of the molecule is CC(C)Oc1c(Cl)cc(CNC[C@H](C)O)cc1Cl. The number of halogens is 2. The maximum absolute atomic E-state index is 9.15. The number of nitrogens with one attached hydrogen (secondary N) is 1. The molecule has 1 rings (SSSR count). The van der Waals surface area contributed by atoms with Crippen molar-refractivity contribution in [3.8, 4) is 5.75 Å². The minimum atomic E-state index is -0.375. The Kier molecular flexibility index (Phi) is 6.22. The predicted molar refractivity (Wildman–Crippen MR) is 75.6 cm³/mol. The van der Waals surface area contributed by atoms with Crippen molar-refractivity contribution in [1.29, 1.82) is 0 Å². The third-order valence-electron chi connectivity index (χ3n) is 2.18. The number of benzene rings is 1. The van der Waals surface area contributed by atoms with Gasteiger partial charge in [0.05, 0.1) is 22.3 Å². The Labute approximate surface area is 118 Å². The number of aliphatic hydroxyl groups is 1. The number of aliphatic hydroxyl groups excluding tert-OH is 1. The van der Waals surface area contributed by atoms with Crippen molar-refractivity contribution in [3.63, 3.8) is 0 Å². The molecule has 3 nitrogen and oxygen atoms in total. The van der Waals surface area contributed by atoms with Crippen LogP contribution >= 0.6 is 23.2 Å². The van der Waals surface area contributed by atoms with Gasteiger partial charge in [0.1, 0.15) is 0 Å². The third-order valence-corrected chi connectivity index (χ3v) is 2.74. The van der Waals surface area contributed by atoms with E-state index in [2.05, 4.69) is 5.32 Å². The van der Waals surface area contributed by atoms with Crippen LogP contribution in [0.2, 0.25) is 10.0 Å². The van der Waals surface area contributed by atoms with Crippen LogP contribution in [0.25, 0.3) is 0 Å². The first-order valence-corrected chi connectivity index (χ1v) is 6.69. The summed E-state index contributed by atoms with van der Waals surface area (Å²) in [6.45, 7) is 6.70. The quantitative estimate of drug-likeness (QED) is 0.845. The zero-order valence-corrected chi connectivity index (χ0v) is 12.3. The average molecular weight is 292 g/mol. The summed E-state index contributed by atoms with van der Waals surface area (Å²) in [5.41, 5.74) is 0.960. The highest BCUT2D eigenvalue weighted by molar-refractivity contribution is 6.37. The number of hydrogen-bond donors (Lipinski definition) is 2. The Morgan fingerprint density at radius 1 is 1.22 bits per heavy atom. The summed E-state index contributed by atoms with van der Waals surface area (Å²) in [6, 6.07) is 3.64. The van der Waals surface area contributed by atoms with E-state index in [1.807, 2.05) is 26.0 Å². The zero-order valence-electron chi connectivity index (χ0n) is 10.8. The van der Waals surface area contributed by atoms with E-state index in [0.29, 0.717) is 28.9 Å². The Morgan fingerprint density at radius 3 is 2.22 bits per heavy atom. The highest BCUT2D eigenvalue weighted by Crippen LogP contribution is 2.34. The van der Waals surface area contributed by atoms with Crippen molar-refractivity contribution >= 4 is 23.2 Å². The van der Waals surface area contributed by atoms with E-state index in [0.717, 1.165) is 5.56 Å². The summed E-state index contributed by atoms with van der Waals surface area (Å²) in [5.74, 6) is 0.521. The van der Waals surface area contributed by atoms with Crippen molar-refractivity contribution in [2.24, 2.45) is 0 Å². The molecule has 0 saturated heterocycles. The van der Waals surface area contributed by atoms with E-state index in [1.54, 1.807) is 6.92 Å². The molecule has 0 fully saturated rings. The minimum Gasteiger partial charge on any atom is -0.488 e. The average Bonchev–Trinajstić information content (AvgIpc) is 2.22. The molecule has 0 saturated carbocycles. The molecular weight excluding hydrogens is 273 g/mol. The molecule has 0 radical (unpaired) electrons. The Morgan fingerprint density at radius 2 is 1.78 bits per heavy atom. The smallest absolute Gasteiger partial charge is 0.156 e. The number of hydrogen-bond acceptors (Lipinski definition) is 3. The molecule has 0 aliphatic carbocycles. The molecule has 1 aromatic rings. The molecule has 0 unspecified atom stereocenters. The maximum Gasteiger partial charge on any atom is 0.156 e. The highest BCUT2D eigenvalue weighted by Gasteiger charge is 2.11. The summed E-state index contributed by atoms with van der Waals surface area (Å²) in [4.78, 5) is 0. The first-order valence-electron chi connectivity index (χ1n) is 5.93. The Balaban J connectivity index is 2.73. The lowest BCUT2D eigenvalue weighted by Crippen LogP contribution is -2.23. The van der Waals surface area contributed by atoms with Gasteiger partial charge in [-0.05, 0) is 38.5 Å². The van der Waals surface area contributed by atoms with Gasteiger partial charge in [0.15, 0.2) is 5.75 Å². The monoisotopic (exact) mass is 291 g/mol. The molecule has 0 amide bonds. The van der Waals surface area contributed by atoms with Crippen molar-refractivity contribution in [2.75, 3.05) is 6.54 Å². The first-order chi connectivity index (χ1) is 8.40. The van der Waals surface area contributed by atoms with Gasteiger partial charge in [-0.1, -0.05) is 23.2 Å². The second-order valence-corrected chi connectivity index (χ2v) is 5.35. The summed E-state index contributed by atoms with van der Waals surface area (Å²) in [7, 11) is 0. The van der Waals surface area contributed by atoms with Crippen LogP contribution in [0.5, 0.6) is 5.75 Å². The summed E-state index contributed by atoms with van der Waals surface area (Å²) in [6.07, 6.45) is -0.348. The minimum absolute atomic E-state index is 0.0270. The summed E-state index contributed by atoms with van der Waals surface area (Å²) >= 11 is 12.3. The predicted octanol–water partition coefficient (Wildman–Crippen LogP) is 3.25. The lowest BCUT2D eigenvalue weighted by Gasteiger charge is -2.15. The molecular formula is C13H19Cl2NO2. The van der Waals surface area contributed by atoms with E-state index in [9.17, 15) is 0 Å². The van der Waals surface area contributed by atoms with Gasteiger partial charge >= 0.3 is 0 Å². The van der Waals surface area contributed by atoms with Gasteiger partial charge in [-0.25, -0.2) is 0 Å². The van der Waals surface area contributed by atoms with Gasteiger partial charge in [0, 0.05) is 13.1 Å². The Bertz CT molecular complexity index is 372. The first kappa shape index (κ1) is 15.6. The van der Waals surface area contributed by atoms with Crippen LogP contribution < -0.4 is 10.1 Å². The molecule has 1 aromatic carbocycles. The van der Waals surface area contributed by atoms with Crippen LogP contribution in [0.4, 0.5) is 0 Å². The molecule has 0 aliphatic rings. The number of ether oxygens (including phenoxy) is 1. The molecule has 0 spiro atoms. The summed E-state index contributed by atoms with van der Waals surface area (Å²) in [5, 5.41) is 13.3. The second-order valence-electron chi connectivity index (χ2n) is 4.54. The topological polar surface area (TPSA) is 41.5 Å². The third kappa shape index (κ3) is 5.02. The van der Waals surface area contributed by atoms with Crippen LogP contribution in [0, 0.1) is 0 Å². The fourth-order valence-corrected chi connectivity index (χ4v) is 2.11. The van der Waals surface area contributed by atoms with Crippen LogP contribution in [-0.2, 0) is 6.54 Å². The summed E-state index contributed by atoms with van der Waals surface area (Å²) < 4.78 is 5.55. The highest BCUT2D eigenvalue weighted by atomic mass is 35.5. The van der Waals surface area contributed by atoms with Gasteiger partial charge in [-0.3, -0.25) is 0 Å². The lowest BCUT2D eigenvalue weighted by atomic mass is 10.2. The van der Waals surface area contributed by atoms with Crippen molar-refractivity contribution in [1.82, 2.24) is 5.32 Å². The zero-order chi connectivity index (χ0) is 13.7. The van der Waals surface area contributed by atoms with E-state index in [1.165, 1.54) is 0 Å². The fraction of sp³-hybridized carbons (Fsp3) is 0.538. The molecule has 18 heavy (non-hydrogen) atoms.